The molecule has 0 bridgehead atoms. The van der Waals surface area contributed by atoms with Gasteiger partial charge in [-0.1, -0.05) is 12.1 Å². The molecule has 1 aliphatic rings. The van der Waals surface area contributed by atoms with Gasteiger partial charge in [-0.15, -0.1) is 11.3 Å². The van der Waals surface area contributed by atoms with E-state index in [-0.39, 0.29) is 9.90 Å². The number of nitrogens with one attached hydrogen (secondary N) is 2. The number of rotatable bonds is 4. The van der Waals surface area contributed by atoms with Crippen LogP contribution in [0.25, 0.3) is 0 Å². The zero-order chi connectivity index (χ0) is 18.0. The number of amides is 2. The average Bonchev–Trinajstić information content (AvgIpc) is 3.21. The Hall–Kier alpha value is -1.62. The number of hydrogen-bond donors (Lipinski definition) is 3. The lowest BCUT2D eigenvalue weighted by molar-refractivity contribution is 0.262. The molecule has 1 fully saturated rings. The lowest BCUT2D eigenvalue weighted by atomic mass is 10.3. The summed E-state index contributed by atoms with van der Waals surface area (Å²) >= 11 is 4.21. The molecule has 0 unspecified atom stereocenters. The Balaban J connectivity index is 1.75. The molecule has 0 spiro atoms. The minimum atomic E-state index is -3.73. The van der Waals surface area contributed by atoms with E-state index in [1.165, 1.54) is 9.69 Å². The molecule has 10 heteroatoms. The van der Waals surface area contributed by atoms with Crippen LogP contribution in [0.3, 0.4) is 0 Å². The van der Waals surface area contributed by atoms with Crippen molar-refractivity contribution in [3.8, 4) is 5.75 Å². The van der Waals surface area contributed by atoms with Gasteiger partial charge in [0, 0.05) is 22.9 Å². The van der Waals surface area contributed by atoms with Crippen LogP contribution in [0.1, 0.15) is 12.8 Å². The van der Waals surface area contributed by atoms with Crippen LogP contribution < -0.4 is 10.6 Å². The van der Waals surface area contributed by atoms with E-state index in [1.807, 2.05) is 6.07 Å². The normalized spacial score (nSPS) is 15.2. The van der Waals surface area contributed by atoms with Gasteiger partial charge in [0.25, 0.3) is 10.0 Å². The maximum Gasteiger partial charge on any atom is 0.323 e. The molecule has 25 heavy (non-hydrogen) atoms. The molecule has 0 radical (unpaired) electrons. The maximum absolute atomic E-state index is 12.5. The van der Waals surface area contributed by atoms with Gasteiger partial charge in [-0.25, -0.2) is 13.2 Å². The Bertz CT molecular complexity index is 892. The van der Waals surface area contributed by atoms with Gasteiger partial charge in [-0.05, 0) is 40.9 Å². The average molecular weight is 446 g/mol. The predicted octanol–water partition coefficient (Wildman–Crippen LogP) is 3.64. The number of hydrogen-bond acceptors (Lipinski definition) is 5. The Morgan fingerprint density at radius 1 is 1.16 bits per heavy atom. The highest BCUT2D eigenvalue weighted by atomic mass is 79.9. The molecular formula is C15H16BrN3O4S2. The van der Waals surface area contributed by atoms with Gasteiger partial charge in [-0.3, -0.25) is 0 Å². The van der Waals surface area contributed by atoms with E-state index in [4.69, 9.17) is 0 Å². The molecule has 134 valence electrons. The quantitative estimate of drug-likeness (QED) is 0.668. The molecule has 3 N–H and O–H groups in total. The van der Waals surface area contributed by atoms with Crippen LogP contribution in [-0.2, 0) is 10.0 Å². The number of urea groups is 1. The number of anilines is 2. The lowest BCUT2D eigenvalue weighted by Gasteiger charge is -2.14. The fraction of sp³-hybridized carbons (Fsp3) is 0.267. The Morgan fingerprint density at radius 3 is 2.48 bits per heavy atom. The third kappa shape index (κ3) is 3.81. The first kappa shape index (κ1) is 18.2. The fourth-order valence-electron chi connectivity index (χ4n) is 2.49. The Kier molecular flexibility index (Phi) is 5.32. The molecule has 0 atom stereocenters. The Morgan fingerprint density at radius 2 is 1.80 bits per heavy atom. The first-order valence-corrected chi connectivity index (χ1v) is 10.6. The topological polar surface area (TPSA) is 98.7 Å². The number of benzene rings is 1. The molecule has 7 nitrogen and oxygen atoms in total. The fourth-order valence-corrected chi connectivity index (χ4v) is 5.77. The zero-order valence-corrected chi connectivity index (χ0v) is 16.2. The molecule has 2 heterocycles. The minimum absolute atomic E-state index is 0.0623. The summed E-state index contributed by atoms with van der Waals surface area (Å²) in [5.74, 6) is -0.431. The summed E-state index contributed by atoms with van der Waals surface area (Å²) in [5, 5.41) is 16.8. The number of halogens is 1. The molecule has 2 aromatic rings. The highest BCUT2D eigenvalue weighted by molar-refractivity contribution is 9.10. The molecule has 0 saturated carbocycles. The second kappa shape index (κ2) is 7.32. The van der Waals surface area contributed by atoms with Gasteiger partial charge in [-0.2, -0.15) is 4.31 Å². The minimum Gasteiger partial charge on any atom is -0.504 e. The SMILES string of the molecule is O=C(Nc1ccccc1Br)Nc1csc(S(=O)(=O)N2CCCC2)c1O. The van der Waals surface area contributed by atoms with E-state index in [0.717, 1.165) is 24.2 Å². The van der Waals surface area contributed by atoms with E-state index in [1.54, 1.807) is 18.2 Å². The molecule has 2 amide bonds. The van der Waals surface area contributed by atoms with Crippen LogP contribution in [0, 0.1) is 0 Å². The first-order valence-electron chi connectivity index (χ1n) is 7.53. The number of sulfonamides is 1. The van der Waals surface area contributed by atoms with Gasteiger partial charge in [0.1, 0.15) is 0 Å². The number of aromatic hydroxyl groups is 1. The van der Waals surface area contributed by atoms with Crippen LogP contribution in [0.4, 0.5) is 16.2 Å². The van der Waals surface area contributed by atoms with Crippen LogP contribution in [0.2, 0.25) is 0 Å². The summed E-state index contributed by atoms with van der Waals surface area (Å²) in [6, 6.07) is 6.49. The standard InChI is InChI=1S/C15H16BrN3O4S2/c16-10-5-1-2-6-11(10)17-15(21)18-12-9-24-14(13(12)20)25(22,23)19-7-3-4-8-19/h1-2,5-6,9,20H,3-4,7-8H2,(H2,17,18,21). The number of para-hydroxylation sites is 1. The van der Waals surface area contributed by atoms with Crippen LogP contribution in [0.15, 0.2) is 38.3 Å². The first-order chi connectivity index (χ1) is 11.9. The van der Waals surface area contributed by atoms with E-state index in [2.05, 4.69) is 26.6 Å². The number of carbonyl (C=O) groups excluding carboxylic acids is 1. The van der Waals surface area contributed by atoms with Crippen LogP contribution >= 0.6 is 27.3 Å². The molecule has 1 aromatic carbocycles. The number of nitrogens with zero attached hydrogens (tertiary/aromatic N) is 1. The molecule has 1 aliphatic heterocycles. The lowest BCUT2D eigenvalue weighted by Crippen LogP contribution is -2.27. The molecule has 3 rings (SSSR count). The van der Waals surface area contributed by atoms with Gasteiger partial charge in [0.2, 0.25) is 0 Å². The smallest absolute Gasteiger partial charge is 0.323 e. The van der Waals surface area contributed by atoms with Gasteiger partial charge in [0.05, 0.1) is 11.4 Å². The van der Waals surface area contributed by atoms with Crippen LogP contribution in [-0.4, -0.2) is 37.0 Å². The van der Waals surface area contributed by atoms with Crippen molar-refractivity contribution in [3.05, 3.63) is 34.1 Å². The van der Waals surface area contributed by atoms with Crippen molar-refractivity contribution in [1.29, 1.82) is 0 Å². The Labute approximate surface area is 157 Å². The van der Waals surface area contributed by atoms with Crippen LogP contribution in [0.5, 0.6) is 5.75 Å². The van der Waals surface area contributed by atoms with Gasteiger partial charge >= 0.3 is 6.03 Å². The van der Waals surface area contributed by atoms with Crippen molar-refractivity contribution in [2.45, 2.75) is 17.1 Å². The largest absolute Gasteiger partial charge is 0.504 e. The predicted molar refractivity (Wildman–Crippen MR) is 101 cm³/mol. The number of carbonyl (C=O) groups is 1. The zero-order valence-electron chi connectivity index (χ0n) is 13.0. The second-order valence-electron chi connectivity index (χ2n) is 5.46. The van der Waals surface area contributed by atoms with E-state index >= 15 is 0 Å². The summed E-state index contributed by atoms with van der Waals surface area (Å²) in [7, 11) is -3.73. The van der Waals surface area contributed by atoms with Crippen molar-refractivity contribution in [3.63, 3.8) is 0 Å². The highest BCUT2D eigenvalue weighted by Crippen LogP contribution is 2.40. The van der Waals surface area contributed by atoms with Crippen molar-refractivity contribution in [2.75, 3.05) is 23.7 Å². The van der Waals surface area contributed by atoms with Gasteiger partial charge in [0.15, 0.2) is 9.96 Å². The summed E-state index contributed by atoms with van der Waals surface area (Å²) in [5.41, 5.74) is 0.618. The molecule has 1 saturated heterocycles. The summed E-state index contributed by atoms with van der Waals surface area (Å²) in [6.07, 6.45) is 1.62. The van der Waals surface area contributed by atoms with Crippen molar-refractivity contribution in [2.24, 2.45) is 0 Å². The molecular weight excluding hydrogens is 430 g/mol. The van der Waals surface area contributed by atoms with E-state index in [9.17, 15) is 18.3 Å². The highest BCUT2D eigenvalue weighted by Gasteiger charge is 2.32. The summed E-state index contributed by atoms with van der Waals surface area (Å²) < 4.78 is 27.0. The summed E-state index contributed by atoms with van der Waals surface area (Å²) in [4.78, 5) is 12.1. The monoisotopic (exact) mass is 445 g/mol. The number of thiophene rings is 1. The second-order valence-corrected chi connectivity index (χ2v) is 9.32. The maximum atomic E-state index is 12.5. The third-order valence-electron chi connectivity index (χ3n) is 3.74. The van der Waals surface area contributed by atoms with E-state index in [0.29, 0.717) is 23.2 Å². The molecule has 1 aromatic heterocycles. The third-order valence-corrected chi connectivity index (χ3v) is 7.82. The van der Waals surface area contributed by atoms with Gasteiger partial charge < -0.3 is 15.7 Å². The van der Waals surface area contributed by atoms with Crippen molar-refractivity contribution >= 4 is 54.7 Å². The molecule has 0 aliphatic carbocycles. The van der Waals surface area contributed by atoms with Crippen molar-refractivity contribution in [1.82, 2.24) is 4.31 Å². The summed E-state index contributed by atoms with van der Waals surface area (Å²) in [6.45, 7) is 0.899. The van der Waals surface area contributed by atoms with E-state index < -0.39 is 21.8 Å². The van der Waals surface area contributed by atoms with Crippen molar-refractivity contribution < 1.29 is 18.3 Å².